The zero-order chi connectivity index (χ0) is 20.5. The Balaban J connectivity index is 1.59. The van der Waals surface area contributed by atoms with E-state index in [1.807, 2.05) is 78.9 Å². The second kappa shape index (κ2) is 7.40. The summed E-state index contributed by atoms with van der Waals surface area (Å²) in [6.45, 7) is 0.203. The number of hydrogen-bond donors (Lipinski definition) is 0. The third kappa shape index (κ3) is 3.18. The molecule has 1 amide bonds. The van der Waals surface area contributed by atoms with Crippen molar-refractivity contribution < 1.29 is 19.0 Å². The van der Waals surface area contributed by atoms with Gasteiger partial charge in [-0.2, -0.15) is 10.1 Å². The summed E-state index contributed by atoms with van der Waals surface area (Å²) in [6.07, 6.45) is 1.83. The fraction of sp³-hybridized carbons (Fsp3) is 0.0833. The Kier molecular flexibility index (Phi) is 4.44. The van der Waals surface area contributed by atoms with E-state index in [1.165, 1.54) is 5.01 Å². The number of fused-ring (bicyclic) bond motifs is 1. The topological polar surface area (TPSA) is 60.4 Å². The van der Waals surface area contributed by atoms with E-state index in [0.717, 1.165) is 16.9 Å². The van der Waals surface area contributed by atoms with Crippen molar-refractivity contribution in [2.75, 3.05) is 18.9 Å². The zero-order valence-corrected chi connectivity index (χ0v) is 16.2. The van der Waals surface area contributed by atoms with E-state index < -0.39 is 0 Å². The fourth-order valence-corrected chi connectivity index (χ4v) is 3.42. The predicted molar refractivity (Wildman–Crippen MR) is 114 cm³/mol. The first-order valence-electron chi connectivity index (χ1n) is 9.47. The van der Waals surface area contributed by atoms with Gasteiger partial charge in [0.05, 0.1) is 18.4 Å². The Morgan fingerprint density at radius 2 is 1.73 bits per heavy atom. The molecule has 0 aromatic heterocycles. The van der Waals surface area contributed by atoms with Crippen LogP contribution in [0.5, 0.6) is 17.2 Å². The molecule has 2 aliphatic rings. The van der Waals surface area contributed by atoms with Gasteiger partial charge in [0, 0.05) is 5.56 Å². The number of nitrogens with zero attached hydrogens (tertiary/aromatic N) is 2. The van der Waals surface area contributed by atoms with E-state index in [1.54, 1.807) is 7.11 Å². The lowest BCUT2D eigenvalue weighted by Crippen LogP contribution is -2.21. The Bertz CT molecular complexity index is 1170. The Labute approximate surface area is 173 Å². The van der Waals surface area contributed by atoms with Crippen LogP contribution in [0.2, 0.25) is 0 Å². The minimum Gasteiger partial charge on any atom is -0.497 e. The van der Waals surface area contributed by atoms with Gasteiger partial charge in [0.15, 0.2) is 11.5 Å². The Hall–Kier alpha value is -4.06. The molecule has 0 unspecified atom stereocenters. The molecule has 0 saturated carbocycles. The predicted octanol–water partition coefficient (Wildman–Crippen LogP) is 4.26. The van der Waals surface area contributed by atoms with E-state index in [9.17, 15) is 4.79 Å². The van der Waals surface area contributed by atoms with Crippen molar-refractivity contribution in [1.29, 1.82) is 0 Å². The second-order valence-corrected chi connectivity index (χ2v) is 6.80. The Morgan fingerprint density at radius 3 is 2.50 bits per heavy atom. The van der Waals surface area contributed by atoms with E-state index in [-0.39, 0.29) is 12.7 Å². The summed E-state index contributed by atoms with van der Waals surface area (Å²) in [5.41, 5.74) is 3.47. The maximum Gasteiger partial charge on any atom is 0.281 e. The molecule has 0 fully saturated rings. The molecule has 3 aromatic carbocycles. The average molecular weight is 398 g/mol. The van der Waals surface area contributed by atoms with E-state index >= 15 is 0 Å². The Morgan fingerprint density at radius 1 is 0.967 bits per heavy atom. The van der Waals surface area contributed by atoms with Crippen LogP contribution >= 0.6 is 0 Å². The number of rotatable bonds is 4. The minimum atomic E-state index is -0.190. The molecule has 2 aliphatic heterocycles. The van der Waals surface area contributed by atoms with Gasteiger partial charge in [0.2, 0.25) is 6.79 Å². The van der Waals surface area contributed by atoms with Crippen LogP contribution in [0.1, 0.15) is 11.1 Å². The molecule has 3 aromatic rings. The lowest BCUT2D eigenvalue weighted by atomic mass is 10.00. The lowest BCUT2D eigenvalue weighted by Gasteiger charge is -2.10. The van der Waals surface area contributed by atoms with Crippen molar-refractivity contribution in [1.82, 2.24) is 0 Å². The zero-order valence-electron chi connectivity index (χ0n) is 16.2. The maximum atomic E-state index is 13.3. The number of para-hydroxylation sites is 1. The summed E-state index contributed by atoms with van der Waals surface area (Å²) < 4.78 is 16.1. The summed E-state index contributed by atoms with van der Waals surface area (Å²) in [5.74, 6) is 1.91. The molecule has 0 spiro atoms. The molecule has 0 radical (unpaired) electrons. The first-order chi connectivity index (χ1) is 14.7. The molecule has 2 heterocycles. The molecule has 6 heteroatoms. The van der Waals surface area contributed by atoms with Gasteiger partial charge in [0.25, 0.3) is 5.91 Å². The number of ether oxygens (including phenoxy) is 3. The quantitative estimate of drug-likeness (QED) is 0.616. The third-order valence-electron chi connectivity index (χ3n) is 4.95. The van der Waals surface area contributed by atoms with Crippen molar-refractivity contribution in [2.45, 2.75) is 0 Å². The highest BCUT2D eigenvalue weighted by Gasteiger charge is 2.32. The lowest BCUT2D eigenvalue weighted by molar-refractivity contribution is -0.114. The first kappa shape index (κ1) is 18.0. The number of carbonyl (C=O) groups is 1. The molecule has 6 nitrogen and oxygen atoms in total. The van der Waals surface area contributed by atoms with Crippen LogP contribution in [-0.2, 0) is 4.79 Å². The van der Waals surface area contributed by atoms with Crippen LogP contribution in [0.25, 0.3) is 6.08 Å². The summed E-state index contributed by atoms with van der Waals surface area (Å²) in [5, 5.41) is 6.08. The fourth-order valence-electron chi connectivity index (χ4n) is 3.42. The molecular formula is C24H18N2O4. The molecule has 0 N–H and O–H groups in total. The van der Waals surface area contributed by atoms with Crippen LogP contribution in [0.3, 0.4) is 0 Å². The van der Waals surface area contributed by atoms with Crippen LogP contribution in [-0.4, -0.2) is 25.5 Å². The second-order valence-electron chi connectivity index (χ2n) is 6.80. The van der Waals surface area contributed by atoms with Crippen LogP contribution in [0.4, 0.5) is 5.69 Å². The summed E-state index contributed by atoms with van der Waals surface area (Å²) in [7, 11) is 1.62. The van der Waals surface area contributed by atoms with Gasteiger partial charge >= 0.3 is 0 Å². The minimum absolute atomic E-state index is 0.190. The molecule has 5 rings (SSSR count). The molecule has 0 saturated heterocycles. The van der Waals surface area contributed by atoms with Gasteiger partial charge < -0.3 is 14.2 Å². The SMILES string of the molecule is COc1ccc(C2=NN(c3ccccc3)C(=O)C2=Cc2ccc3c(c2)OCO3)cc1. The standard InChI is InChI=1S/C24H18N2O4/c1-28-19-10-8-17(9-11-19)23-20(13-16-7-12-21-22(14-16)30-15-29-21)24(27)26(25-23)18-5-3-2-4-6-18/h2-14H,15H2,1H3. The van der Waals surface area contributed by atoms with E-state index in [2.05, 4.69) is 5.10 Å². The highest BCUT2D eigenvalue weighted by molar-refractivity contribution is 6.37. The van der Waals surface area contributed by atoms with Gasteiger partial charge in [-0.1, -0.05) is 24.3 Å². The van der Waals surface area contributed by atoms with Crippen molar-refractivity contribution in [2.24, 2.45) is 5.10 Å². The van der Waals surface area contributed by atoms with Gasteiger partial charge in [-0.25, -0.2) is 0 Å². The normalized spacial score (nSPS) is 16.2. The summed E-state index contributed by atoms with van der Waals surface area (Å²) in [4.78, 5) is 13.3. The highest BCUT2D eigenvalue weighted by Crippen LogP contribution is 2.34. The van der Waals surface area contributed by atoms with Crippen LogP contribution < -0.4 is 19.2 Å². The smallest absolute Gasteiger partial charge is 0.281 e. The van der Waals surface area contributed by atoms with E-state index in [0.29, 0.717) is 28.5 Å². The monoisotopic (exact) mass is 398 g/mol. The number of carbonyl (C=O) groups excluding carboxylic acids is 1. The van der Waals surface area contributed by atoms with Crippen molar-refractivity contribution in [3.63, 3.8) is 0 Å². The van der Waals surface area contributed by atoms with E-state index in [4.69, 9.17) is 14.2 Å². The van der Waals surface area contributed by atoms with Gasteiger partial charge in [-0.3, -0.25) is 4.79 Å². The number of hydrogen-bond acceptors (Lipinski definition) is 5. The van der Waals surface area contributed by atoms with Gasteiger partial charge in [-0.05, 0) is 60.2 Å². The third-order valence-corrected chi connectivity index (χ3v) is 4.95. The van der Waals surface area contributed by atoms with Crippen molar-refractivity contribution in [3.8, 4) is 17.2 Å². The highest BCUT2D eigenvalue weighted by atomic mass is 16.7. The van der Waals surface area contributed by atoms with Gasteiger partial charge in [0.1, 0.15) is 11.5 Å². The average Bonchev–Trinajstić information content (AvgIpc) is 3.39. The van der Waals surface area contributed by atoms with Crippen LogP contribution in [0.15, 0.2) is 83.5 Å². The molecule has 0 aliphatic carbocycles. The van der Waals surface area contributed by atoms with Crippen LogP contribution in [0, 0.1) is 0 Å². The van der Waals surface area contributed by atoms with Crippen molar-refractivity contribution >= 4 is 23.4 Å². The molecule has 0 atom stereocenters. The number of benzene rings is 3. The number of anilines is 1. The maximum absolute atomic E-state index is 13.3. The molecular weight excluding hydrogens is 380 g/mol. The first-order valence-corrected chi connectivity index (χ1v) is 9.47. The molecule has 148 valence electrons. The largest absolute Gasteiger partial charge is 0.497 e. The summed E-state index contributed by atoms with van der Waals surface area (Å²) >= 11 is 0. The molecule has 0 bridgehead atoms. The van der Waals surface area contributed by atoms with Crippen molar-refractivity contribution in [3.05, 3.63) is 89.5 Å². The number of hydrazone groups is 1. The molecule has 30 heavy (non-hydrogen) atoms. The number of amides is 1. The summed E-state index contributed by atoms with van der Waals surface area (Å²) in [6, 6.07) is 22.5. The van der Waals surface area contributed by atoms with Gasteiger partial charge in [-0.15, -0.1) is 0 Å². The number of methoxy groups -OCH3 is 1.